The second kappa shape index (κ2) is 13.9. The van der Waals surface area contributed by atoms with Gasteiger partial charge < -0.3 is 0 Å². The fourth-order valence-electron chi connectivity index (χ4n) is 10.6. The molecule has 2 nitrogen and oxygen atoms in total. The van der Waals surface area contributed by atoms with Gasteiger partial charge in [-0.2, -0.15) is 0 Å². The predicted molar refractivity (Wildman–Crippen MR) is 256 cm³/mol. The standard InChI is InChI=1S/C60H42N2/c1-59(2)52-31-17-29-47(57(52)50-35-40-20-12-13-21-41(40)36-53(50)59)42-22-16-23-43(34-42)55-38-56(62-58(61-55)39-18-6-3-7-19-39)44-32-33-49-48-28-14-15-30-51(48)60(54(49)37-44,45-24-8-4-9-25-45)46-26-10-5-11-27-46/h3-38H,1-2H3. The van der Waals surface area contributed by atoms with Crippen molar-refractivity contribution >= 4 is 10.8 Å². The van der Waals surface area contributed by atoms with Gasteiger partial charge in [-0.1, -0.05) is 202 Å². The maximum Gasteiger partial charge on any atom is 0.160 e. The maximum absolute atomic E-state index is 5.35. The SMILES string of the molecule is CC1(C)c2cc3ccccc3cc2-c2c(-c3cccc(-c4cc(-c5ccc6c(c5)C(c5ccccc5)(c5ccccc5)c5ccccc5-6)nc(-c5ccccc5)n4)c3)cccc21. The highest BCUT2D eigenvalue weighted by Gasteiger charge is 2.46. The van der Waals surface area contributed by atoms with Crippen molar-refractivity contribution in [3.63, 3.8) is 0 Å². The van der Waals surface area contributed by atoms with E-state index in [1.54, 1.807) is 0 Å². The van der Waals surface area contributed by atoms with E-state index in [4.69, 9.17) is 9.97 Å². The van der Waals surface area contributed by atoms with Crippen molar-refractivity contribution in [2.75, 3.05) is 0 Å². The van der Waals surface area contributed by atoms with Crippen molar-refractivity contribution in [3.05, 3.63) is 252 Å². The van der Waals surface area contributed by atoms with E-state index >= 15 is 0 Å². The highest BCUT2D eigenvalue weighted by atomic mass is 14.9. The summed E-state index contributed by atoms with van der Waals surface area (Å²) >= 11 is 0. The molecule has 0 radical (unpaired) electrons. The van der Waals surface area contributed by atoms with Gasteiger partial charge in [0.1, 0.15) is 0 Å². The van der Waals surface area contributed by atoms with Gasteiger partial charge in [-0.25, -0.2) is 9.97 Å². The molecule has 292 valence electrons. The van der Waals surface area contributed by atoms with Crippen LogP contribution < -0.4 is 0 Å². The monoisotopic (exact) mass is 790 g/mol. The lowest BCUT2D eigenvalue weighted by molar-refractivity contribution is 0.661. The second-order valence-electron chi connectivity index (χ2n) is 17.3. The normalized spacial score (nSPS) is 13.9. The summed E-state index contributed by atoms with van der Waals surface area (Å²) in [6.07, 6.45) is 0. The zero-order chi connectivity index (χ0) is 41.4. The minimum atomic E-state index is -0.508. The third kappa shape index (κ3) is 5.43. The lowest BCUT2D eigenvalue weighted by Gasteiger charge is -2.34. The third-order valence-electron chi connectivity index (χ3n) is 13.5. The summed E-state index contributed by atoms with van der Waals surface area (Å²) < 4.78 is 0. The van der Waals surface area contributed by atoms with Crippen LogP contribution in [0, 0.1) is 0 Å². The molecule has 9 aromatic carbocycles. The molecule has 2 aliphatic carbocycles. The first kappa shape index (κ1) is 36.2. The van der Waals surface area contributed by atoms with E-state index in [9.17, 15) is 0 Å². The number of hydrogen-bond acceptors (Lipinski definition) is 2. The van der Waals surface area contributed by atoms with E-state index in [1.807, 2.05) is 6.07 Å². The number of aromatic nitrogens is 2. The predicted octanol–water partition coefficient (Wildman–Crippen LogP) is 15.0. The van der Waals surface area contributed by atoms with E-state index < -0.39 is 5.41 Å². The number of benzene rings is 9. The molecule has 1 heterocycles. The van der Waals surface area contributed by atoms with E-state index in [0.29, 0.717) is 5.82 Å². The molecular weight excluding hydrogens is 749 g/mol. The molecule has 0 spiro atoms. The van der Waals surface area contributed by atoms with Crippen LogP contribution in [0.5, 0.6) is 0 Å². The Morgan fingerprint density at radius 3 is 1.58 bits per heavy atom. The smallest absolute Gasteiger partial charge is 0.160 e. The van der Waals surface area contributed by atoms with E-state index in [1.165, 1.54) is 77.5 Å². The Balaban J connectivity index is 1.04. The quantitative estimate of drug-likeness (QED) is 0.168. The van der Waals surface area contributed by atoms with Gasteiger partial charge in [0.2, 0.25) is 0 Å². The van der Waals surface area contributed by atoms with Crippen LogP contribution in [0.1, 0.15) is 47.2 Å². The van der Waals surface area contributed by atoms with Crippen molar-refractivity contribution in [2.45, 2.75) is 24.7 Å². The number of hydrogen-bond donors (Lipinski definition) is 0. The third-order valence-corrected chi connectivity index (χ3v) is 13.5. The van der Waals surface area contributed by atoms with Crippen LogP contribution in [0.4, 0.5) is 0 Å². The van der Waals surface area contributed by atoms with Gasteiger partial charge in [-0.05, 0) is 108 Å². The largest absolute Gasteiger partial charge is 0.228 e. The Labute approximate surface area is 362 Å². The molecule has 1 aromatic heterocycles. The van der Waals surface area contributed by atoms with Crippen molar-refractivity contribution in [2.24, 2.45) is 0 Å². The van der Waals surface area contributed by atoms with Crippen LogP contribution in [-0.2, 0) is 10.8 Å². The first-order valence-corrected chi connectivity index (χ1v) is 21.6. The summed E-state index contributed by atoms with van der Waals surface area (Å²) in [6.45, 7) is 4.73. The summed E-state index contributed by atoms with van der Waals surface area (Å²) in [6, 6.07) is 79.6. The molecule has 0 N–H and O–H groups in total. The Bertz CT molecular complexity index is 3330. The van der Waals surface area contributed by atoms with Gasteiger partial charge in [0, 0.05) is 22.1 Å². The zero-order valence-electron chi connectivity index (χ0n) is 34.7. The minimum absolute atomic E-state index is 0.121. The molecule has 0 saturated heterocycles. The maximum atomic E-state index is 5.35. The molecule has 10 aromatic rings. The lowest BCUT2D eigenvalue weighted by Crippen LogP contribution is -2.28. The van der Waals surface area contributed by atoms with Crippen molar-refractivity contribution in [3.8, 4) is 67.3 Å². The Morgan fingerprint density at radius 2 is 0.855 bits per heavy atom. The average Bonchev–Trinajstić information content (AvgIpc) is 3.76. The molecule has 0 aliphatic heterocycles. The van der Waals surface area contributed by atoms with Gasteiger partial charge in [0.15, 0.2) is 5.82 Å². The zero-order valence-corrected chi connectivity index (χ0v) is 34.7. The van der Waals surface area contributed by atoms with Crippen LogP contribution in [0.15, 0.2) is 218 Å². The highest BCUT2D eigenvalue weighted by molar-refractivity contribution is 5.99. The van der Waals surface area contributed by atoms with Crippen molar-refractivity contribution < 1.29 is 0 Å². The highest BCUT2D eigenvalue weighted by Crippen LogP contribution is 2.57. The van der Waals surface area contributed by atoms with Gasteiger partial charge in [-0.3, -0.25) is 0 Å². The van der Waals surface area contributed by atoms with Crippen LogP contribution >= 0.6 is 0 Å². The molecule has 0 fully saturated rings. The number of fused-ring (bicyclic) bond motifs is 7. The summed E-state index contributed by atoms with van der Waals surface area (Å²) in [5, 5.41) is 2.55. The summed E-state index contributed by atoms with van der Waals surface area (Å²) in [7, 11) is 0. The first-order valence-electron chi connectivity index (χ1n) is 21.6. The fourth-order valence-corrected chi connectivity index (χ4v) is 10.6. The van der Waals surface area contributed by atoms with Crippen molar-refractivity contribution in [1.82, 2.24) is 9.97 Å². The number of nitrogens with zero attached hydrogens (tertiary/aromatic N) is 2. The molecule has 2 aliphatic rings. The average molecular weight is 791 g/mol. The summed E-state index contributed by atoms with van der Waals surface area (Å²) in [5.41, 5.74) is 19.6. The molecule has 0 bridgehead atoms. The molecule has 2 heteroatoms. The van der Waals surface area contributed by atoms with E-state index in [2.05, 4.69) is 226 Å². The first-order chi connectivity index (χ1) is 30.5. The summed E-state index contributed by atoms with van der Waals surface area (Å²) in [4.78, 5) is 10.7. The van der Waals surface area contributed by atoms with E-state index in [-0.39, 0.29) is 5.41 Å². The molecule has 0 unspecified atom stereocenters. The fraction of sp³-hybridized carbons (Fsp3) is 0.0667. The molecular formula is C60H42N2. The molecule has 0 saturated carbocycles. The lowest BCUT2D eigenvalue weighted by atomic mass is 9.67. The van der Waals surface area contributed by atoms with Crippen LogP contribution in [-0.4, -0.2) is 9.97 Å². The number of rotatable bonds is 6. The molecule has 0 atom stereocenters. The topological polar surface area (TPSA) is 25.8 Å². The Hall–Kier alpha value is -7.68. The van der Waals surface area contributed by atoms with Gasteiger partial charge in [0.05, 0.1) is 16.8 Å². The van der Waals surface area contributed by atoms with Crippen LogP contribution in [0.3, 0.4) is 0 Å². The minimum Gasteiger partial charge on any atom is -0.228 e. The van der Waals surface area contributed by atoms with Gasteiger partial charge in [0.25, 0.3) is 0 Å². The molecule has 62 heavy (non-hydrogen) atoms. The second-order valence-corrected chi connectivity index (χ2v) is 17.3. The van der Waals surface area contributed by atoms with Gasteiger partial charge in [-0.15, -0.1) is 0 Å². The van der Waals surface area contributed by atoms with Gasteiger partial charge >= 0.3 is 0 Å². The van der Waals surface area contributed by atoms with Crippen molar-refractivity contribution in [1.29, 1.82) is 0 Å². The van der Waals surface area contributed by atoms with Crippen LogP contribution in [0.25, 0.3) is 78.1 Å². The Kier molecular flexibility index (Phi) is 8.14. The van der Waals surface area contributed by atoms with Crippen LogP contribution in [0.2, 0.25) is 0 Å². The molecule has 0 amide bonds. The van der Waals surface area contributed by atoms with E-state index in [0.717, 1.165) is 28.1 Å². The Morgan fingerprint density at radius 1 is 0.323 bits per heavy atom. The summed E-state index contributed by atoms with van der Waals surface area (Å²) in [5.74, 6) is 0.702. The molecule has 12 rings (SSSR count).